The Morgan fingerprint density at radius 1 is 1.27 bits per heavy atom. The quantitative estimate of drug-likeness (QED) is 0.743. The van der Waals surface area contributed by atoms with Crippen molar-refractivity contribution in [2.24, 2.45) is 0 Å². The minimum atomic E-state index is 0.370. The minimum Gasteiger partial charge on any atom is -0.398 e. The molecule has 1 atom stereocenters. The molecule has 1 aliphatic carbocycles. The van der Waals surface area contributed by atoms with Crippen molar-refractivity contribution < 1.29 is 0 Å². The molecule has 0 aromatic heterocycles. The molecule has 0 radical (unpaired) electrons. The molecular weight excluding hydrogens is 184 g/mol. The lowest BCUT2D eigenvalue weighted by atomic mass is 10.1. The van der Waals surface area contributed by atoms with E-state index in [-0.39, 0.29) is 0 Å². The molecule has 82 valence electrons. The molecule has 0 spiro atoms. The van der Waals surface area contributed by atoms with Crippen LogP contribution in [-0.2, 0) is 0 Å². The van der Waals surface area contributed by atoms with Crippen molar-refractivity contribution in [2.45, 2.75) is 44.7 Å². The van der Waals surface area contributed by atoms with Gasteiger partial charge < -0.3 is 11.1 Å². The first-order valence-corrected chi connectivity index (χ1v) is 5.88. The first-order chi connectivity index (χ1) is 7.27. The monoisotopic (exact) mass is 204 g/mol. The van der Waals surface area contributed by atoms with E-state index in [2.05, 4.69) is 24.4 Å². The van der Waals surface area contributed by atoms with Gasteiger partial charge in [-0.05, 0) is 31.4 Å². The summed E-state index contributed by atoms with van der Waals surface area (Å²) in [6.45, 7) is 2.20. The highest BCUT2D eigenvalue weighted by Crippen LogP contribution is 2.24. The molecule has 0 heterocycles. The van der Waals surface area contributed by atoms with Gasteiger partial charge in [-0.15, -0.1) is 0 Å². The molecule has 1 aliphatic rings. The maximum atomic E-state index is 5.96. The summed E-state index contributed by atoms with van der Waals surface area (Å²) in [6, 6.07) is 9.19. The summed E-state index contributed by atoms with van der Waals surface area (Å²) in [5.41, 5.74) is 8.08. The Morgan fingerprint density at radius 2 is 1.93 bits per heavy atom. The summed E-state index contributed by atoms with van der Waals surface area (Å²) in [5.74, 6) is 0. The molecule has 1 saturated carbocycles. The Balaban J connectivity index is 2.00. The largest absolute Gasteiger partial charge is 0.398 e. The van der Waals surface area contributed by atoms with Crippen LogP contribution in [0.25, 0.3) is 0 Å². The molecule has 0 saturated heterocycles. The fraction of sp³-hybridized carbons (Fsp3) is 0.538. The zero-order valence-electron chi connectivity index (χ0n) is 9.37. The Bertz CT molecular complexity index is 316. The number of hydrogen-bond donors (Lipinski definition) is 2. The SMILES string of the molecule is CC(NC1CCCC1)c1ccccc1N. The third-order valence-corrected chi connectivity index (χ3v) is 3.30. The number of hydrogen-bond acceptors (Lipinski definition) is 2. The highest BCUT2D eigenvalue weighted by Gasteiger charge is 2.18. The van der Waals surface area contributed by atoms with Gasteiger partial charge in [-0.1, -0.05) is 31.0 Å². The van der Waals surface area contributed by atoms with Crippen molar-refractivity contribution in [1.82, 2.24) is 5.32 Å². The molecule has 2 rings (SSSR count). The highest BCUT2D eigenvalue weighted by atomic mass is 14.9. The predicted molar refractivity (Wildman–Crippen MR) is 64.7 cm³/mol. The minimum absolute atomic E-state index is 0.370. The van der Waals surface area contributed by atoms with Gasteiger partial charge in [0.2, 0.25) is 0 Å². The lowest BCUT2D eigenvalue weighted by Crippen LogP contribution is -2.29. The van der Waals surface area contributed by atoms with Crippen LogP contribution < -0.4 is 11.1 Å². The van der Waals surface area contributed by atoms with Crippen LogP contribution >= 0.6 is 0 Å². The maximum Gasteiger partial charge on any atom is 0.0362 e. The van der Waals surface area contributed by atoms with E-state index in [0.29, 0.717) is 12.1 Å². The molecule has 3 N–H and O–H groups in total. The van der Waals surface area contributed by atoms with Crippen LogP contribution in [0.1, 0.15) is 44.2 Å². The first-order valence-electron chi connectivity index (χ1n) is 5.88. The number of benzene rings is 1. The van der Waals surface area contributed by atoms with Crippen LogP contribution in [-0.4, -0.2) is 6.04 Å². The zero-order valence-corrected chi connectivity index (χ0v) is 9.37. The fourth-order valence-corrected chi connectivity index (χ4v) is 2.44. The smallest absolute Gasteiger partial charge is 0.0362 e. The second-order valence-electron chi connectivity index (χ2n) is 4.50. The van der Waals surface area contributed by atoms with E-state index >= 15 is 0 Å². The molecule has 0 bridgehead atoms. The third kappa shape index (κ3) is 2.51. The van der Waals surface area contributed by atoms with Gasteiger partial charge in [0.25, 0.3) is 0 Å². The van der Waals surface area contributed by atoms with Gasteiger partial charge in [0.15, 0.2) is 0 Å². The predicted octanol–water partition coefficient (Wildman–Crippen LogP) is 2.86. The lowest BCUT2D eigenvalue weighted by Gasteiger charge is -2.20. The standard InChI is InChI=1S/C13H20N2/c1-10(15-11-6-2-3-7-11)12-8-4-5-9-13(12)14/h4-5,8-11,15H,2-3,6-7,14H2,1H3. The van der Waals surface area contributed by atoms with Crippen LogP contribution in [0.2, 0.25) is 0 Å². The van der Waals surface area contributed by atoms with Crippen molar-refractivity contribution in [3.63, 3.8) is 0 Å². The van der Waals surface area contributed by atoms with Gasteiger partial charge in [-0.3, -0.25) is 0 Å². The average Bonchev–Trinajstić information content (AvgIpc) is 2.71. The Hall–Kier alpha value is -1.02. The van der Waals surface area contributed by atoms with Gasteiger partial charge in [0.05, 0.1) is 0 Å². The van der Waals surface area contributed by atoms with Crippen LogP contribution in [0.5, 0.6) is 0 Å². The highest BCUT2D eigenvalue weighted by molar-refractivity contribution is 5.47. The Kier molecular flexibility index (Phi) is 3.27. The van der Waals surface area contributed by atoms with E-state index in [1.165, 1.54) is 31.2 Å². The fourth-order valence-electron chi connectivity index (χ4n) is 2.44. The van der Waals surface area contributed by atoms with Gasteiger partial charge in [0.1, 0.15) is 0 Å². The van der Waals surface area contributed by atoms with Gasteiger partial charge in [-0.2, -0.15) is 0 Å². The van der Waals surface area contributed by atoms with Crippen LogP contribution in [0.15, 0.2) is 24.3 Å². The molecule has 1 aromatic rings. The molecule has 1 unspecified atom stereocenters. The summed E-state index contributed by atoms with van der Waals surface area (Å²) < 4.78 is 0. The normalized spacial score (nSPS) is 19.3. The summed E-state index contributed by atoms with van der Waals surface area (Å²) in [5, 5.41) is 3.66. The summed E-state index contributed by atoms with van der Waals surface area (Å²) >= 11 is 0. The lowest BCUT2D eigenvalue weighted by molar-refractivity contribution is 0.462. The third-order valence-electron chi connectivity index (χ3n) is 3.30. The van der Waals surface area contributed by atoms with Crippen molar-refractivity contribution in [3.8, 4) is 0 Å². The second-order valence-corrected chi connectivity index (χ2v) is 4.50. The Morgan fingerprint density at radius 3 is 2.60 bits per heavy atom. The Labute approximate surface area is 91.9 Å². The number of nitrogens with one attached hydrogen (secondary N) is 1. The molecule has 2 nitrogen and oxygen atoms in total. The molecule has 1 fully saturated rings. The van der Waals surface area contributed by atoms with Crippen LogP contribution in [0, 0.1) is 0 Å². The molecule has 0 aliphatic heterocycles. The van der Waals surface area contributed by atoms with Crippen LogP contribution in [0.4, 0.5) is 5.69 Å². The van der Waals surface area contributed by atoms with Crippen molar-refractivity contribution in [3.05, 3.63) is 29.8 Å². The van der Waals surface area contributed by atoms with E-state index < -0.39 is 0 Å². The number of nitrogen functional groups attached to an aromatic ring is 1. The molecule has 15 heavy (non-hydrogen) atoms. The second kappa shape index (κ2) is 4.67. The van der Waals surface area contributed by atoms with E-state index in [9.17, 15) is 0 Å². The van der Waals surface area contributed by atoms with Gasteiger partial charge in [-0.25, -0.2) is 0 Å². The van der Waals surface area contributed by atoms with Crippen molar-refractivity contribution in [1.29, 1.82) is 0 Å². The van der Waals surface area contributed by atoms with Gasteiger partial charge in [0, 0.05) is 17.8 Å². The number of anilines is 1. The van der Waals surface area contributed by atoms with E-state index in [1.54, 1.807) is 0 Å². The summed E-state index contributed by atoms with van der Waals surface area (Å²) in [6.07, 6.45) is 5.37. The van der Waals surface area contributed by atoms with E-state index in [1.807, 2.05) is 12.1 Å². The molecular formula is C13H20N2. The number of nitrogens with two attached hydrogens (primary N) is 1. The van der Waals surface area contributed by atoms with Crippen molar-refractivity contribution >= 4 is 5.69 Å². The van der Waals surface area contributed by atoms with E-state index in [0.717, 1.165) is 5.69 Å². The first kappa shape index (κ1) is 10.5. The maximum absolute atomic E-state index is 5.96. The van der Waals surface area contributed by atoms with Crippen molar-refractivity contribution in [2.75, 3.05) is 5.73 Å². The van der Waals surface area contributed by atoms with Gasteiger partial charge >= 0.3 is 0 Å². The molecule has 1 aromatic carbocycles. The average molecular weight is 204 g/mol. The van der Waals surface area contributed by atoms with Crippen LogP contribution in [0.3, 0.4) is 0 Å². The summed E-state index contributed by atoms with van der Waals surface area (Å²) in [4.78, 5) is 0. The van der Waals surface area contributed by atoms with E-state index in [4.69, 9.17) is 5.73 Å². The number of rotatable bonds is 3. The number of para-hydroxylation sites is 1. The topological polar surface area (TPSA) is 38.0 Å². The molecule has 0 amide bonds. The summed E-state index contributed by atoms with van der Waals surface area (Å²) in [7, 11) is 0. The zero-order chi connectivity index (χ0) is 10.7. The molecule has 2 heteroatoms.